The lowest BCUT2D eigenvalue weighted by molar-refractivity contribution is -0.119. The molecule has 1 heterocycles. The van der Waals surface area contributed by atoms with Crippen molar-refractivity contribution in [2.75, 3.05) is 5.32 Å². The molecule has 1 aromatic carbocycles. The van der Waals surface area contributed by atoms with E-state index >= 15 is 0 Å². The van der Waals surface area contributed by atoms with E-state index in [-0.39, 0.29) is 5.91 Å². The number of rotatable bonds is 3. The van der Waals surface area contributed by atoms with Crippen molar-refractivity contribution in [2.45, 2.75) is 13.0 Å². The Kier molecular flexibility index (Phi) is 3.34. The summed E-state index contributed by atoms with van der Waals surface area (Å²) in [4.78, 5) is 15.7. The highest BCUT2D eigenvalue weighted by molar-refractivity contribution is 5.93. The Morgan fingerprint density at radius 2 is 2.17 bits per heavy atom. The molecule has 1 N–H and O–H groups in total. The second-order valence-electron chi connectivity index (χ2n) is 3.73. The van der Waals surface area contributed by atoms with Crippen LogP contribution in [0.2, 0.25) is 0 Å². The Labute approximate surface area is 104 Å². The molecule has 0 aliphatic heterocycles. The summed E-state index contributed by atoms with van der Waals surface area (Å²) in [5.74, 6) is -0.190. The normalized spacial score (nSPS) is 11.6. The predicted molar refractivity (Wildman–Crippen MR) is 64.5 cm³/mol. The average molecular weight is 241 g/mol. The first-order valence-electron chi connectivity index (χ1n) is 5.36. The van der Waals surface area contributed by atoms with E-state index < -0.39 is 6.04 Å². The molecule has 2 rings (SSSR count). The zero-order valence-electron chi connectivity index (χ0n) is 9.74. The molecule has 0 saturated carbocycles. The van der Waals surface area contributed by atoms with Crippen LogP contribution in [-0.4, -0.2) is 20.7 Å². The summed E-state index contributed by atoms with van der Waals surface area (Å²) in [6.07, 6.45) is 2.87. The summed E-state index contributed by atoms with van der Waals surface area (Å²) >= 11 is 0. The smallest absolute Gasteiger partial charge is 0.249 e. The highest BCUT2D eigenvalue weighted by Gasteiger charge is 2.15. The van der Waals surface area contributed by atoms with Crippen molar-refractivity contribution in [1.29, 1.82) is 5.26 Å². The van der Waals surface area contributed by atoms with Crippen molar-refractivity contribution < 1.29 is 4.79 Å². The number of carbonyl (C=O) groups is 1. The molecule has 0 bridgehead atoms. The summed E-state index contributed by atoms with van der Waals surface area (Å²) < 4.78 is 1.47. The molecule has 90 valence electrons. The van der Waals surface area contributed by atoms with Crippen LogP contribution in [0.1, 0.15) is 18.5 Å². The monoisotopic (exact) mass is 241 g/mol. The zero-order chi connectivity index (χ0) is 13.0. The maximum Gasteiger partial charge on any atom is 0.249 e. The topological polar surface area (TPSA) is 83.6 Å². The average Bonchev–Trinajstić information content (AvgIpc) is 2.92. The van der Waals surface area contributed by atoms with E-state index in [0.717, 1.165) is 0 Å². The number of hydrogen-bond donors (Lipinski definition) is 1. The van der Waals surface area contributed by atoms with Crippen molar-refractivity contribution in [2.24, 2.45) is 0 Å². The lowest BCUT2D eigenvalue weighted by Gasteiger charge is -2.11. The van der Waals surface area contributed by atoms with Crippen molar-refractivity contribution in [1.82, 2.24) is 14.8 Å². The molecule has 1 unspecified atom stereocenters. The van der Waals surface area contributed by atoms with Crippen molar-refractivity contribution in [3.05, 3.63) is 42.5 Å². The van der Waals surface area contributed by atoms with Gasteiger partial charge in [-0.2, -0.15) is 10.4 Å². The first-order valence-corrected chi connectivity index (χ1v) is 5.36. The van der Waals surface area contributed by atoms with Gasteiger partial charge in [0.15, 0.2) is 0 Å². The molecule has 0 radical (unpaired) electrons. The highest BCUT2D eigenvalue weighted by atomic mass is 16.2. The summed E-state index contributed by atoms with van der Waals surface area (Å²) in [5.41, 5.74) is 1.20. The molecule has 0 aliphatic rings. The van der Waals surface area contributed by atoms with Crippen LogP contribution in [0.4, 0.5) is 5.69 Å². The van der Waals surface area contributed by atoms with Gasteiger partial charge in [-0.15, -0.1) is 0 Å². The molecule has 0 aliphatic carbocycles. The second kappa shape index (κ2) is 5.10. The predicted octanol–water partition coefficient (Wildman–Crippen LogP) is 1.35. The van der Waals surface area contributed by atoms with Crippen molar-refractivity contribution in [3.63, 3.8) is 0 Å². The number of nitrogens with one attached hydrogen (secondary N) is 1. The molecule has 18 heavy (non-hydrogen) atoms. The third kappa shape index (κ3) is 2.52. The molecule has 1 amide bonds. The molecule has 6 heteroatoms. The lowest BCUT2D eigenvalue weighted by Crippen LogP contribution is -2.23. The summed E-state index contributed by atoms with van der Waals surface area (Å²) in [6, 6.07) is 8.24. The maximum atomic E-state index is 11.9. The third-order valence-corrected chi connectivity index (χ3v) is 2.49. The standard InChI is InChI=1S/C12H11N5O/c1-9(17-8-14-7-15-17)12(18)16-11-4-2-10(6-13)3-5-11/h2-5,7-9H,1H3,(H,16,18). The van der Waals surface area contributed by atoms with Gasteiger partial charge in [0.1, 0.15) is 18.7 Å². The molecule has 6 nitrogen and oxygen atoms in total. The van der Waals surface area contributed by atoms with Crippen LogP contribution >= 0.6 is 0 Å². The van der Waals surface area contributed by atoms with Crippen LogP contribution in [0.3, 0.4) is 0 Å². The Hall–Kier alpha value is -2.68. The van der Waals surface area contributed by atoms with Gasteiger partial charge in [-0.05, 0) is 31.2 Å². The third-order valence-electron chi connectivity index (χ3n) is 2.49. The minimum atomic E-state index is -0.442. The van der Waals surface area contributed by atoms with Crippen LogP contribution < -0.4 is 5.32 Å². The number of carbonyl (C=O) groups excluding carboxylic acids is 1. The van der Waals surface area contributed by atoms with E-state index in [1.807, 2.05) is 6.07 Å². The summed E-state index contributed by atoms with van der Waals surface area (Å²) in [5, 5.41) is 15.3. The molecule has 0 fully saturated rings. The quantitative estimate of drug-likeness (QED) is 0.879. The van der Waals surface area contributed by atoms with Crippen LogP contribution in [0.15, 0.2) is 36.9 Å². The van der Waals surface area contributed by atoms with Crippen LogP contribution in [0.5, 0.6) is 0 Å². The lowest BCUT2D eigenvalue weighted by atomic mass is 10.2. The molecule has 1 aromatic heterocycles. The van der Waals surface area contributed by atoms with E-state index in [4.69, 9.17) is 5.26 Å². The molecule has 0 spiro atoms. The van der Waals surface area contributed by atoms with Gasteiger partial charge in [-0.1, -0.05) is 0 Å². The van der Waals surface area contributed by atoms with E-state index in [1.54, 1.807) is 31.2 Å². The van der Waals surface area contributed by atoms with Gasteiger partial charge in [-0.3, -0.25) is 4.79 Å². The van der Waals surface area contributed by atoms with Gasteiger partial charge >= 0.3 is 0 Å². The number of amides is 1. The van der Waals surface area contributed by atoms with Crippen LogP contribution in [0, 0.1) is 11.3 Å². The van der Waals surface area contributed by atoms with Gasteiger partial charge in [0.25, 0.3) is 0 Å². The first-order chi connectivity index (χ1) is 8.70. The fourth-order valence-electron chi connectivity index (χ4n) is 1.41. The number of hydrogen-bond acceptors (Lipinski definition) is 4. The minimum Gasteiger partial charge on any atom is -0.324 e. The highest BCUT2D eigenvalue weighted by Crippen LogP contribution is 2.11. The molecule has 0 saturated heterocycles. The summed E-state index contributed by atoms with van der Waals surface area (Å²) in [6.45, 7) is 1.73. The number of nitriles is 1. The van der Waals surface area contributed by atoms with Gasteiger partial charge in [-0.25, -0.2) is 9.67 Å². The fraction of sp³-hybridized carbons (Fsp3) is 0.167. The molecular weight excluding hydrogens is 230 g/mol. The fourth-order valence-corrected chi connectivity index (χ4v) is 1.41. The molecular formula is C12H11N5O. The van der Waals surface area contributed by atoms with Crippen molar-refractivity contribution in [3.8, 4) is 6.07 Å². The van der Waals surface area contributed by atoms with E-state index in [2.05, 4.69) is 15.4 Å². The Morgan fingerprint density at radius 3 is 2.72 bits per heavy atom. The van der Waals surface area contributed by atoms with Gasteiger partial charge in [0, 0.05) is 5.69 Å². The van der Waals surface area contributed by atoms with Crippen molar-refractivity contribution >= 4 is 11.6 Å². The Morgan fingerprint density at radius 1 is 1.44 bits per heavy atom. The Balaban J connectivity index is 2.05. The minimum absolute atomic E-state index is 0.190. The largest absolute Gasteiger partial charge is 0.324 e. The molecule has 2 aromatic rings. The summed E-state index contributed by atoms with van der Waals surface area (Å²) in [7, 11) is 0. The van der Waals surface area contributed by atoms with E-state index in [1.165, 1.54) is 17.3 Å². The number of nitrogens with zero attached hydrogens (tertiary/aromatic N) is 4. The number of aromatic nitrogens is 3. The zero-order valence-corrected chi connectivity index (χ0v) is 9.74. The maximum absolute atomic E-state index is 11.9. The van der Waals surface area contributed by atoms with Gasteiger partial charge in [0.05, 0.1) is 11.6 Å². The van der Waals surface area contributed by atoms with Gasteiger partial charge < -0.3 is 5.32 Å². The SMILES string of the molecule is CC(C(=O)Nc1ccc(C#N)cc1)n1cncn1. The number of anilines is 1. The van der Waals surface area contributed by atoms with Gasteiger partial charge in [0.2, 0.25) is 5.91 Å². The van der Waals surface area contributed by atoms with Crippen LogP contribution in [0.25, 0.3) is 0 Å². The first kappa shape index (κ1) is 11.8. The molecule has 1 atom stereocenters. The van der Waals surface area contributed by atoms with E-state index in [9.17, 15) is 4.79 Å². The van der Waals surface area contributed by atoms with E-state index in [0.29, 0.717) is 11.3 Å². The number of benzene rings is 1. The second-order valence-corrected chi connectivity index (χ2v) is 3.73. The van der Waals surface area contributed by atoms with Crippen LogP contribution in [-0.2, 0) is 4.79 Å². The Bertz CT molecular complexity index is 568.